The minimum absolute atomic E-state index is 0.0984. The van der Waals surface area contributed by atoms with E-state index in [0.29, 0.717) is 6.61 Å². The molecule has 0 saturated carbocycles. The quantitative estimate of drug-likeness (QED) is 0.804. The van der Waals surface area contributed by atoms with Crippen LogP contribution in [0.25, 0.3) is 0 Å². The molecule has 1 aromatic heterocycles. The van der Waals surface area contributed by atoms with Gasteiger partial charge in [0.2, 0.25) is 0 Å². The topological polar surface area (TPSA) is 34.4 Å². The van der Waals surface area contributed by atoms with Crippen LogP contribution in [0.3, 0.4) is 0 Å². The Morgan fingerprint density at radius 3 is 2.64 bits per heavy atom. The van der Waals surface area contributed by atoms with E-state index in [1.807, 2.05) is 13.1 Å². The van der Waals surface area contributed by atoms with Gasteiger partial charge in [0.25, 0.3) is 0 Å². The fraction of sp³-hybridized carbons (Fsp3) is 0.636. The van der Waals surface area contributed by atoms with Gasteiger partial charge in [-0.1, -0.05) is 0 Å². The van der Waals surface area contributed by atoms with Crippen LogP contribution in [0.5, 0.6) is 0 Å². The summed E-state index contributed by atoms with van der Waals surface area (Å²) in [6.45, 7) is 6.80. The number of likely N-dealkylation sites (N-methyl/N-ethyl adjacent to an activating group) is 1. The molecule has 1 rings (SSSR count). The first-order chi connectivity index (χ1) is 6.53. The Morgan fingerprint density at radius 2 is 2.21 bits per heavy atom. The normalized spacial score (nSPS) is 14.3. The molecule has 0 aliphatic heterocycles. The molecule has 1 heterocycles. The molecule has 0 aliphatic carbocycles. The van der Waals surface area contributed by atoms with Gasteiger partial charge >= 0.3 is 0 Å². The molecule has 0 fully saturated rings. The number of ether oxygens (including phenoxy) is 1. The second-order valence-electron chi connectivity index (χ2n) is 4.32. The molecule has 14 heavy (non-hydrogen) atoms. The van der Waals surface area contributed by atoms with E-state index in [9.17, 15) is 0 Å². The summed E-state index contributed by atoms with van der Waals surface area (Å²) in [4.78, 5) is 0. The molecule has 3 nitrogen and oxygen atoms in total. The molecule has 0 aliphatic rings. The number of rotatable bonds is 4. The Balaban J connectivity index is 2.49. The predicted octanol–water partition coefficient (Wildman–Crippen LogP) is 2.36. The standard InChI is InChI=1S/C11H19NO2/c1-11(2,3)14-8-10(12-4)9-5-6-13-7-9/h5-7,10,12H,8H2,1-4H3. The molecule has 0 bridgehead atoms. The van der Waals surface area contributed by atoms with E-state index in [-0.39, 0.29) is 11.6 Å². The largest absolute Gasteiger partial charge is 0.472 e. The summed E-state index contributed by atoms with van der Waals surface area (Å²) in [6, 6.07) is 2.15. The van der Waals surface area contributed by atoms with Crippen molar-refractivity contribution in [3.8, 4) is 0 Å². The monoisotopic (exact) mass is 197 g/mol. The summed E-state index contributed by atoms with van der Waals surface area (Å²) in [5.74, 6) is 0. The van der Waals surface area contributed by atoms with Crippen LogP contribution in [0.4, 0.5) is 0 Å². The van der Waals surface area contributed by atoms with Gasteiger partial charge in [0.15, 0.2) is 0 Å². The van der Waals surface area contributed by atoms with Gasteiger partial charge in [-0.05, 0) is 33.9 Å². The molecule has 1 unspecified atom stereocenters. The fourth-order valence-electron chi connectivity index (χ4n) is 1.15. The maximum absolute atomic E-state index is 5.70. The number of hydrogen-bond donors (Lipinski definition) is 1. The molecular weight excluding hydrogens is 178 g/mol. The number of nitrogens with one attached hydrogen (secondary N) is 1. The van der Waals surface area contributed by atoms with Crippen LogP contribution < -0.4 is 5.32 Å². The van der Waals surface area contributed by atoms with Gasteiger partial charge in [-0.25, -0.2) is 0 Å². The average molecular weight is 197 g/mol. The lowest BCUT2D eigenvalue weighted by Gasteiger charge is -2.23. The van der Waals surface area contributed by atoms with Gasteiger partial charge in [0.05, 0.1) is 30.8 Å². The number of furan rings is 1. The van der Waals surface area contributed by atoms with Crippen LogP contribution in [-0.4, -0.2) is 19.3 Å². The first-order valence-electron chi connectivity index (χ1n) is 4.86. The molecule has 1 aromatic rings. The molecule has 0 amide bonds. The lowest BCUT2D eigenvalue weighted by atomic mass is 10.1. The van der Waals surface area contributed by atoms with Gasteiger partial charge < -0.3 is 14.5 Å². The van der Waals surface area contributed by atoms with E-state index in [2.05, 4.69) is 26.1 Å². The third-order valence-corrected chi connectivity index (χ3v) is 1.98. The highest BCUT2D eigenvalue weighted by Crippen LogP contribution is 2.16. The highest BCUT2D eigenvalue weighted by Gasteiger charge is 2.16. The summed E-state index contributed by atoms with van der Waals surface area (Å²) in [5.41, 5.74) is 1.02. The molecule has 1 atom stereocenters. The molecule has 0 radical (unpaired) electrons. The van der Waals surface area contributed by atoms with Crippen molar-refractivity contribution in [1.29, 1.82) is 0 Å². The van der Waals surface area contributed by atoms with Gasteiger partial charge in [0.1, 0.15) is 0 Å². The first kappa shape index (κ1) is 11.3. The van der Waals surface area contributed by atoms with Crippen molar-refractivity contribution in [2.45, 2.75) is 32.4 Å². The second-order valence-corrected chi connectivity index (χ2v) is 4.32. The van der Waals surface area contributed by atoms with Crippen LogP contribution in [-0.2, 0) is 4.74 Å². The molecule has 80 valence electrons. The van der Waals surface area contributed by atoms with E-state index in [1.165, 1.54) is 0 Å². The smallest absolute Gasteiger partial charge is 0.0951 e. The van der Waals surface area contributed by atoms with Crippen molar-refractivity contribution in [3.63, 3.8) is 0 Å². The Kier molecular flexibility index (Phi) is 3.72. The van der Waals surface area contributed by atoms with Crippen molar-refractivity contribution in [2.75, 3.05) is 13.7 Å². The van der Waals surface area contributed by atoms with Crippen LogP contribution in [0.2, 0.25) is 0 Å². The lowest BCUT2D eigenvalue weighted by Crippen LogP contribution is -2.28. The maximum Gasteiger partial charge on any atom is 0.0951 e. The molecular formula is C11H19NO2. The van der Waals surface area contributed by atoms with Crippen LogP contribution in [0, 0.1) is 0 Å². The first-order valence-corrected chi connectivity index (χ1v) is 4.86. The summed E-state index contributed by atoms with van der Waals surface area (Å²) in [5, 5.41) is 3.19. The Bertz CT molecular complexity index is 249. The van der Waals surface area contributed by atoms with E-state index < -0.39 is 0 Å². The van der Waals surface area contributed by atoms with E-state index in [0.717, 1.165) is 5.56 Å². The third kappa shape index (κ3) is 3.52. The highest BCUT2D eigenvalue weighted by molar-refractivity contribution is 5.11. The van der Waals surface area contributed by atoms with Crippen LogP contribution >= 0.6 is 0 Å². The van der Waals surface area contributed by atoms with Crippen molar-refractivity contribution < 1.29 is 9.15 Å². The van der Waals surface area contributed by atoms with E-state index in [1.54, 1.807) is 12.5 Å². The van der Waals surface area contributed by atoms with Crippen molar-refractivity contribution >= 4 is 0 Å². The third-order valence-electron chi connectivity index (χ3n) is 1.98. The minimum Gasteiger partial charge on any atom is -0.472 e. The van der Waals surface area contributed by atoms with Gasteiger partial charge in [-0.15, -0.1) is 0 Å². The average Bonchev–Trinajstić information content (AvgIpc) is 2.56. The lowest BCUT2D eigenvalue weighted by molar-refractivity contribution is -0.0139. The number of hydrogen-bond acceptors (Lipinski definition) is 3. The van der Waals surface area contributed by atoms with E-state index >= 15 is 0 Å². The zero-order valence-corrected chi connectivity index (χ0v) is 9.33. The van der Waals surface area contributed by atoms with Crippen LogP contribution in [0.1, 0.15) is 32.4 Å². The Labute approximate surface area is 85.4 Å². The van der Waals surface area contributed by atoms with Crippen LogP contribution in [0.15, 0.2) is 23.0 Å². The van der Waals surface area contributed by atoms with Gasteiger partial charge in [-0.3, -0.25) is 0 Å². The van der Waals surface area contributed by atoms with Gasteiger partial charge in [0, 0.05) is 5.56 Å². The summed E-state index contributed by atoms with van der Waals surface area (Å²) >= 11 is 0. The van der Waals surface area contributed by atoms with Crippen molar-refractivity contribution in [1.82, 2.24) is 5.32 Å². The maximum atomic E-state index is 5.70. The molecule has 0 aromatic carbocycles. The minimum atomic E-state index is -0.0984. The summed E-state index contributed by atoms with van der Waals surface area (Å²) in [7, 11) is 1.92. The fourth-order valence-corrected chi connectivity index (χ4v) is 1.15. The van der Waals surface area contributed by atoms with E-state index in [4.69, 9.17) is 9.15 Å². The zero-order chi connectivity index (χ0) is 10.6. The molecule has 0 saturated heterocycles. The zero-order valence-electron chi connectivity index (χ0n) is 9.33. The summed E-state index contributed by atoms with van der Waals surface area (Å²) < 4.78 is 10.7. The van der Waals surface area contributed by atoms with Crippen molar-refractivity contribution in [2.24, 2.45) is 0 Å². The summed E-state index contributed by atoms with van der Waals surface area (Å²) in [6.07, 6.45) is 3.42. The molecule has 0 spiro atoms. The Morgan fingerprint density at radius 1 is 1.50 bits per heavy atom. The highest BCUT2D eigenvalue weighted by atomic mass is 16.5. The SMILES string of the molecule is CNC(COC(C)(C)C)c1ccoc1. The van der Waals surface area contributed by atoms with Gasteiger partial charge in [-0.2, -0.15) is 0 Å². The molecule has 3 heteroatoms. The Hall–Kier alpha value is -0.800. The second kappa shape index (κ2) is 4.62. The van der Waals surface area contributed by atoms with Crippen molar-refractivity contribution in [3.05, 3.63) is 24.2 Å². The molecule has 1 N–H and O–H groups in total. The predicted molar refractivity (Wildman–Crippen MR) is 56.2 cm³/mol.